The van der Waals surface area contributed by atoms with Gasteiger partial charge in [-0.05, 0) is 24.3 Å². The van der Waals surface area contributed by atoms with Gasteiger partial charge >= 0.3 is 0 Å². The maximum absolute atomic E-state index is 9.93. The van der Waals surface area contributed by atoms with Gasteiger partial charge in [-0.1, -0.05) is 0 Å². The van der Waals surface area contributed by atoms with Crippen LogP contribution in [0.25, 0.3) is 10.8 Å². The number of hydrogen-bond donors (Lipinski definition) is 1. The molecule has 4 nitrogen and oxygen atoms in total. The number of phenols is 1. The first-order chi connectivity index (χ1) is 8.22. The molecule has 2 rings (SSSR count). The largest absolute Gasteiger partial charge is 0.507 e. The molecule has 17 heavy (non-hydrogen) atoms. The second-order valence-electron chi connectivity index (χ2n) is 3.51. The molecule has 0 amide bonds. The van der Waals surface area contributed by atoms with Gasteiger partial charge in [0.1, 0.15) is 23.0 Å². The Bertz CT molecular complexity index is 538. The molecule has 0 heterocycles. The van der Waals surface area contributed by atoms with E-state index >= 15 is 0 Å². The van der Waals surface area contributed by atoms with E-state index < -0.39 is 0 Å². The quantitative estimate of drug-likeness (QED) is 0.886. The predicted molar refractivity (Wildman–Crippen MR) is 65.3 cm³/mol. The average molecular weight is 234 g/mol. The van der Waals surface area contributed by atoms with Crippen LogP contribution in [0.15, 0.2) is 24.3 Å². The van der Waals surface area contributed by atoms with Gasteiger partial charge in [-0.15, -0.1) is 0 Å². The van der Waals surface area contributed by atoms with E-state index in [1.165, 1.54) is 0 Å². The summed E-state index contributed by atoms with van der Waals surface area (Å²) in [6.07, 6.45) is 0. The van der Waals surface area contributed by atoms with Gasteiger partial charge in [0.05, 0.1) is 32.1 Å². The van der Waals surface area contributed by atoms with E-state index in [1.54, 1.807) is 45.6 Å². The van der Waals surface area contributed by atoms with E-state index in [9.17, 15) is 5.11 Å². The summed E-state index contributed by atoms with van der Waals surface area (Å²) in [6.45, 7) is 0. The standard InChI is InChI=1S/C13H14O4/c1-15-9-6-7-11(17-3)13-10(16-2)5-4-8(14)12(9)13/h4-7,14H,1-3H3. The Morgan fingerprint density at radius 2 is 1.12 bits per heavy atom. The molecule has 0 aromatic heterocycles. The molecule has 90 valence electrons. The highest BCUT2D eigenvalue weighted by molar-refractivity contribution is 6.01. The fraction of sp³-hybridized carbons (Fsp3) is 0.231. The topological polar surface area (TPSA) is 47.9 Å². The molecule has 0 unspecified atom stereocenters. The van der Waals surface area contributed by atoms with Crippen LogP contribution in [0.4, 0.5) is 0 Å². The number of aromatic hydroxyl groups is 1. The molecule has 0 bridgehead atoms. The van der Waals surface area contributed by atoms with Crippen LogP contribution in [0, 0.1) is 0 Å². The van der Waals surface area contributed by atoms with Crippen molar-refractivity contribution < 1.29 is 19.3 Å². The van der Waals surface area contributed by atoms with Crippen LogP contribution in [0.1, 0.15) is 0 Å². The molecular weight excluding hydrogens is 220 g/mol. The minimum absolute atomic E-state index is 0.136. The molecule has 1 N–H and O–H groups in total. The third-order valence-corrected chi connectivity index (χ3v) is 2.68. The Morgan fingerprint density at radius 3 is 1.59 bits per heavy atom. The summed E-state index contributed by atoms with van der Waals surface area (Å²) >= 11 is 0. The van der Waals surface area contributed by atoms with Crippen molar-refractivity contribution in [3.05, 3.63) is 24.3 Å². The lowest BCUT2D eigenvalue weighted by molar-refractivity contribution is 0.397. The first-order valence-electron chi connectivity index (χ1n) is 5.13. The molecule has 0 radical (unpaired) electrons. The van der Waals surface area contributed by atoms with Gasteiger partial charge < -0.3 is 19.3 Å². The third-order valence-electron chi connectivity index (χ3n) is 2.68. The molecule has 0 saturated heterocycles. The van der Waals surface area contributed by atoms with Crippen molar-refractivity contribution in [2.45, 2.75) is 0 Å². The van der Waals surface area contributed by atoms with Crippen molar-refractivity contribution in [3.63, 3.8) is 0 Å². The number of methoxy groups -OCH3 is 3. The van der Waals surface area contributed by atoms with Crippen LogP contribution in [-0.4, -0.2) is 26.4 Å². The van der Waals surface area contributed by atoms with Crippen molar-refractivity contribution in [2.75, 3.05) is 21.3 Å². The average Bonchev–Trinajstić information content (AvgIpc) is 2.38. The number of rotatable bonds is 3. The van der Waals surface area contributed by atoms with Crippen LogP contribution >= 0.6 is 0 Å². The molecule has 0 aliphatic rings. The highest BCUT2D eigenvalue weighted by Gasteiger charge is 2.15. The lowest BCUT2D eigenvalue weighted by atomic mass is 10.1. The summed E-state index contributed by atoms with van der Waals surface area (Å²) < 4.78 is 15.8. The van der Waals surface area contributed by atoms with Gasteiger partial charge in [0.25, 0.3) is 0 Å². The van der Waals surface area contributed by atoms with E-state index in [0.29, 0.717) is 28.0 Å². The van der Waals surface area contributed by atoms with Gasteiger partial charge in [-0.2, -0.15) is 0 Å². The smallest absolute Gasteiger partial charge is 0.130 e. The number of fused-ring (bicyclic) bond motifs is 1. The summed E-state index contributed by atoms with van der Waals surface area (Å²) in [5.41, 5.74) is 0. The fourth-order valence-electron chi connectivity index (χ4n) is 1.89. The molecule has 0 aliphatic heterocycles. The van der Waals surface area contributed by atoms with Crippen molar-refractivity contribution in [1.29, 1.82) is 0 Å². The Kier molecular flexibility index (Phi) is 2.95. The number of benzene rings is 2. The minimum atomic E-state index is 0.136. The van der Waals surface area contributed by atoms with Crippen LogP contribution in [-0.2, 0) is 0 Å². The first kappa shape index (κ1) is 11.4. The molecule has 2 aromatic carbocycles. The molecule has 2 aromatic rings. The minimum Gasteiger partial charge on any atom is -0.507 e. The second kappa shape index (κ2) is 4.41. The molecule has 0 saturated carbocycles. The SMILES string of the molecule is COc1ccc(OC)c2c(OC)ccc(O)c12. The maximum atomic E-state index is 9.93. The van der Waals surface area contributed by atoms with Gasteiger partial charge in [0, 0.05) is 0 Å². The van der Waals surface area contributed by atoms with Gasteiger partial charge in [0.15, 0.2) is 0 Å². The van der Waals surface area contributed by atoms with E-state index in [-0.39, 0.29) is 5.75 Å². The highest BCUT2D eigenvalue weighted by atomic mass is 16.5. The Labute approximate surface area is 99.3 Å². The lowest BCUT2D eigenvalue weighted by Crippen LogP contribution is -1.93. The summed E-state index contributed by atoms with van der Waals surface area (Å²) in [6, 6.07) is 6.80. The first-order valence-corrected chi connectivity index (χ1v) is 5.13. The Morgan fingerprint density at radius 1 is 0.706 bits per heavy atom. The summed E-state index contributed by atoms with van der Waals surface area (Å²) in [5, 5.41) is 11.2. The van der Waals surface area contributed by atoms with Crippen LogP contribution < -0.4 is 14.2 Å². The van der Waals surface area contributed by atoms with Crippen molar-refractivity contribution >= 4 is 10.8 Å². The molecule has 0 fully saturated rings. The van der Waals surface area contributed by atoms with E-state index in [2.05, 4.69) is 0 Å². The molecule has 0 spiro atoms. The van der Waals surface area contributed by atoms with Gasteiger partial charge in [-0.25, -0.2) is 0 Å². The van der Waals surface area contributed by atoms with Crippen LogP contribution in [0.5, 0.6) is 23.0 Å². The lowest BCUT2D eigenvalue weighted by Gasteiger charge is -2.13. The summed E-state index contributed by atoms with van der Waals surface area (Å²) in [5.74, 6) is 1.98. The number of hydrogen-bond acceptors (Lipinski definition) is 4. The Balaban J connectivity index is 2.93. The second-order valence-corrected chi connectivity index (χ2v) is 3.51. The van der Waals surface area contributed by atoms with E-state index in [0.717, 1.165) is 0 Å². The zero-order chi connectivity index (χ0) is 12.4. The number of phenolic OH excluding ortho intramolecular Hbond substituents is 1. The zero-order valence-corrected chi connectivity index (χ0v) is 9.98. The van der Waals surface area contributed by atoms with Crippen molar-refractivity contribution in [1.82, 2.24) is 0 Å². The van der Waals surface area contributed by atoms with Crippen LogP contribution in [0.2, 0.25) is 0 Å². The summed E-state index contributed by atoms with van der Waals surface area (Å²) in [7, 11) is 4.70. The maximum Gasteiger partial charge on any atom is 0.130 e. The fourth-order valence-corrected chi connectivity index (χ4v) is 1.89. The van der Waals surface area contributed by atoms with Crippen molar-refractivity contribution in [2.24, 2.45) is 0 Å². The third kappa shape index (κ3) is 1.71. The normalized spacial score (nSPS) is 10.3. The monoisotopic (exact) mass is 234 g/mol. The van der Waals surface area contributed by atoms with E-state index in [4.69, 9.17) is 14.2 Å². The molecular formula is C13H14O4. The van der Waals surface area contributed by atoms with Crippen molar-refractivity contribution in [3.8, 4) is 23.0 Å². The van der Waals surface area contributed by atoms with Crippen LogP contribution in [0.3, 0.4) is 0 Å². The zero-order valence-electron chi connectivity index (χ0n) is 9.98. The molecule has 0 atom stereocenters. The Hall–Kier alpha value is -2.10. The van der Waals surface area contributed by atoms with E-state index in [1.807, 2.05) is 0 Å². The van der Waals surface area contributed by atoms with Gasteiger partial charge in [0.2, 0.25) is 0 Å². The summed E-state index contributed by atoms with van der Waals surface area (Å²) in [4.78, 5) is 0. The number of ether oxygens (including phenoxy) is 3. The van der Waals surface area contributed by atoms with Gasteiger partial charge in [-0.3, -0.25) is 0 Å². The highest BCUT2D eigenvalue weighted by Crippen LogP contribution is 2.43. The predicted octanol–water partition coefficient (Wildman–Crippen LogP) is 2.57. The molecule has 0 aliphatic carbocycles. The molecule has 4 heteroatoms.